The Kier molecular flexibility index (Phi) is 4.64. The van der Waals surface area contributed by atoms with Crippen molar-refractivity contribution in [1.82, 2.24) is 4.40 Å². The average molecular weight is 392 g/mol. The van der Waals surface area contributed by atoms with E-state index in [9.17, 15) is 14.0 Å². The van der Waals surface area contributed by atoms with E-state index in [4.69, 9.17) is 9.15 Å². The first-order valence-corrected chi connectivity index (χ1v) is 8.83. The summed E-state index contributed by atoms with van der Waals surface area (Å²) in [6.07, 6.45) is 4.71. The van der Waals surface area contributed by atoms with Gasteiger partial charge in [0.05, 0.1) is 35.7 Å². The van der Waals surface area contributed by atoms with E-state index >= 15 is 0 Å². The van der Waals surface area contributed by atoms with E-state index in [1.54, 1.807) is 53.2 Å². The molecule has 4 rings (SSSR count). The van der Waals surface area contributed by atoms with E-state index in [0.717, 1.165) is 0 Å². The number of fused-ring (bicyclic) bond motifs is 1. The number of anilines is 1. The van der Waals surface area contributed by atoms with Gasteiger partial charge in [0, 0.05) is 24.0 Å². The Morgan fingerprint density at radius 3 is 2.69 bits per heavy atom. The lowest BCUT2D eigenvalue weighted by Crippen LogP contribution is -2.15. The Balaban J connectivity index is 1.78. The average Bonchev–Trinajstić information content (AvgIpc) is 3.36. The molecule has 6 nitrogen and oxygen atoms in total. The molecule has 29 heavy (non-hydrogen) atoms. The van der Waals surface area contributed by atoms with Gasteiger partial charge in [0.2, 0.25) is 0 Å². The Labute approximate surface area is 165 Å². The van der Waals surface area contributed by atoms with Crippen LogP contribution in [0.5, 0.6) is 5.75 Å². The van der Waals surface area contributed by atoms with Gasteiger partial charge in [0.1, 0.15) is 11.5 Å². The summed E-state index contributed by atoms with van der Waals surface area (Å²) >= 11 is 0. The molecule has 0 spiro atoms. The Bertz CT molecular complexity index is 1230. The quantitative estimate of drug-likeness (QED) is 0.495. The van der Waals surface area contributed by atoms with Gasteiger partial charge in [0.15, 0.2) is 11.6 Å². The number of Topliss-reactive ketones (excluding diaryl/α,β-unsaturated/α-hetero) is 1. The zero-order valence-corrected chi connectivity index (χ0v) is 15.7. The number of pyridine rings is 1. The van der Waals surface area contributed by atoms with Crippen molar-refractivity contribution in [3.63, 3.8) is 0 Å². The molecule has 3 aromatic heterocycles. The number of carbonyl (C=O) groups is 2. The number of rotatable bonds is 5. The molecule has 0 atom stereocenters. The lowest BCUT2D eigenvalue weighted by Gasteiger charge is -2.10. The molecule has 7 heteroatoms. The van der Waals surface area contributed by atoms with Crippen molar-refractivity contribution in [2.24, 2.45) is 0 Å². The van der Waals surface area contributed by atoms with E-state index in [-0.39, 0.29) is 28.2 Å². The minimum Gasteiger partial charge on any atom is -0.497 e. The van der Waals surface area contributed by atoms with Crippen LogP contribution in [0.15, 0.2) is 65.5 Å². The number of aromatic nitrogens is 1. The third kappa shape index (κ3) is 3.27. The number of halogens is 1. The molecule has 0 saturated carbocycles. The van der Waals surface area contributed by atoms with E-state index in [1.807, 2.05) is 0 Å². The molecule has 0 radical (unpaired) electrons. The molecule has 0 aliphatic carbocycles. The van der Waals surface area contributed by atoms with E-state index < -0.39 is 11.7 Å². The zero-order chi connectivity index (χ0) is 20.5. The molecule has 4 aromatic rings. The highest BCUT2D eigenvalue weighted by Crippen LogP contribution is 2.29. The second kappa shape index (κ2) is 7.27. The summed E-state index contributed by atoms with van der Waals surface area (Å²) in [5, 5.41) is 2.58. The second-order valence-corrected chi connectivity index (χ2v) is 6.43. The van der Waals surface area contributed by atoms with Gasteiger partial charge in [-0.3, -0.25) is 9.59 Å². The molecular formula is C22H17FN2O4. The van der Waals surface area contributed by atoms with Crippen molar-refractivity contribution in [3.05, 3.63) is 78.1 Å². The maximum absolute atomic E-state index is 15.0. The van der Waals surface area contributed by atoms with Crippen LogP contribution in [-0.2, 0) is 0 Å². The molecule has 1 amide bonds. The summed E-state index contributed by atoms with van der Waals surface area (Å²) in [5.41, 5.74) is 1.08. The highest BCUT2D eigenvalue weighted by atomic mass is 19.1. The predicted molar refractivity (Wildman–Crippen MR) is 106 cm³/mol. The Hall–Kier alpha value is -3.87. The van der Waals surface area contributed by atoms with Crippen molar-refractivity contribution in [3.8, 4) is 17.1 Å². The summed E-state index contributed by atoms with van der Waals surface area (Å²) in [7, 11) is 1.51. The molecule has 0 unspecified atom stereocenters. The number of hydrogen-bond acceptors (Lipinski definition) is 4. The highest BCUT2D eigenvalue weighted by Gasteiger charge is 2.23. The molecule has 0 bridgehead atoms. The number of nitrogens with zero attached hydrogens (tertiary/aromatic N) is 1. The molecule has 146 valence electrons. The number of furan rings is 1. The zero-order valence-electron chi connectivity index (χ0n) is 15.7. The normalized spacial score (nSPS) is 10.9. The van der Waals surface area contributed by atoms with Crippen LogP contribution >= 0.6 is 0 Å². The first-order chi connectivity index (χ1) is 14.0. The van der Waals surface area contributed by atoms with Gasteiger partial charge in [-0.1, -0.05) is 6.07 Å². The fraction of sp³-hybridized carbons (Fsp3) is 0.0909. The van der Waals surface area contributed by atoms with Gasteiger partial charge in [0.25, 0.3) is 5.91 Å². The van der Waals surface area contributed by atoms with E-state index in [2.05, 4.69) is 5.32 Å². The van der Waals surface area contributed by atoms with Crippen molar-refractivity contribution in [2.75, 3.05) is 12.4 Å². The monoisotopic (exact) mass is 392 g/mol. The summed E-state index contributed by atoms with van der Waals surface area (Å²) in [6.45, 7) is 1.38. The smallest absolute Gasteiger partial charge is 0.258 e. The van der Waals surface area contributed by atoms with Crippen molar-refractivity contribution < 1.29 is 23.1 Å². The number of carbonyl (C=O) groups excluding carboxylic acids is 2. The fourth-order valence-corrected chi connectivity index (χ4v) is 3.21. The number of methoxy groups -OCH3 is 1. The van der Waals surface area contributed by atoms with Crippen molar-refractivity contribution in [1.29, 1.82) is 0 Å². The first kappa shape index (κ1) is 18.5. The predicted octanol–water partition coefficient (Wildman–Crippen LogP) is 4.80. The number of ether oxygens (including phenoxy) is 1. The summed E-state index contributed by atoms with van der Waals surface area (Å²) in [4.78, 5) is 25.2. The van der Waals surface area contributed by atoms with Gasteiger partial charge in [-0.05, 0) is 37.3 Å². The van der Waals surface area contributed by atoms with Crippen LogP contribution in [0, 0.1) is 5.82 Å². The first-order valence-electron chi connectivity index (χ1n) is 8.83. The minimum absolute atomic E-state index is 0.0133. The second-order valence-electron chi connectivity index (χ2n) is 6.43. The largest absolute Gasteiger partial charge is 0.497 e. The number of hydrogen-bond donors (Lipinski definition) is 1. The van der Waals surface area contributed by atoms with Gasteiger partial charge in [-0.15, -0.1) is 0 Å². The SMILES string of the molecule is COc1ccn2cc(C(C)=O)c(C(=O)Nc3cccc(-c4ccco4)c3F)c2c1. The van der Waals surface area contributed by atoms with Crippen LogP contribution in [0.1, 0.15) is 27.6 Å². The van der Waals surface area contributed by atoms with Gasteiger partial charge in [-0.2, -0.15) is 0 Å². The van der Waals surface area contributed by atoms with Crippen LogP contribution in [0.4, 0.5) is 10.1 Å². The third-order valence-electron chi connectivity index (χ3n) is 4.63. The van der Waals surface area contributed by atoms with Crippen LogP contribution in [-0.4, -0.2) is 23.2 Å². The standard InChI is InChI=1S/C22H17FN2O4/c1-13(26)16-12-25-9-8-14(28-2)11-18(25)20(16)22(27)24-17-6-3-5-15(21(17)23)19-7-4-10-29-19/h3-12H,1-2H3,(H,24,27). The van der Waals surface area contributed by atoms with Gasteiger partial charge in [-0.25, -0.2) is 4.39 Å². The van der Waals surface area contributed by atoms with Crippen LogP contribution < -0.4 is 10.1 Å². The summed E-state index contributed by atoms with van der Waals surface area (Å²) in [6, 6.07) is 11.3. The number of nitrogens with one attached hydrogen (secondary N) is 1. The van der Waals surface area contributed by atoms with E-state index in [0.29, 0.717) is 17.0 Å². The summed E-state index contributed by atoms with van der Waals surface area (Å²) in [5.74, 6) is -0.613. The lowest BCUT2D eigenvalue weighted by molar-refractivity contribution is 0.0987. The van der Waals surface area contributed by atoms with Gasteiger partial charge >= 0.3 is 0 Å². The molecule has 0 aliphatic rings. The van der Waals surface area contributed by atoms with Gasteiger partial charge < -0.3 is 18.9 Å². The molecule has 0 fully saturated rings. The van der Waals surface area contributed by atoms with Crippen LogP contribution in [0.2, 0.25) is 0 Å². The fourth-order valence-electron chi connectivity index (χ4n) is 3.21. The Morgan fingerprint density at radius 1 is 1.17 bits per heavy atom. The minimum atomic E-state index is -0.624. The van der Waals surface area contributed by atoms with Crippen molar-refractivity contribution >= 4 is 22.9 Å². The number of ketones is 1. The van der Waals surface area contributed by atoms with E-state index in [1.165, 1.54) is 26.4 Å². The molecule has 1 aromatic carbocycles. The molecule has 3 heterocycles. The topological polar surface area (TPSA) is 73.0 Å². The third-order valence-corrected chi connectivity index (χ3v) is 4.63. The molecular weight excluding hydrogens is 375 g/mol. The van der Waals surface area contributed by atoms with Crippen LogP contribution in [0.25, 0.3) is 16.8 Å². The summed E-state index contributed by atoms with van der Waals surface area (Å²) < 4.78 is 27.1. The number of amides is 1. The maximum Gasteiger partial charge on any atom is 0.258 e. The Morgan fingerprint density at radius 2 is 2.00 bits per heavy atom. The molecule has 1 N–H and O–H groups in total. The maximum atomic E-state index is 15.0. The molecule has 0 saturated heterocycles. The molecule has 0 aliphatic heterocycles. The van der Waals surface area contributed by atoms with Crippen molar-refractivity contribution in [2.45, 2.75) is 6.92 Å². The lowest BCUT2D eigenvalue weighted by atomic mass is 10.1. The highest BCUT2D eigenvalue weighted by molar-refractivity contribution is 6.16. The number of benzene rings is 1. The van der Waals surface area contributed by atoms with Crippen LogP contribution in [0.3, 0.4) is 0 Å².